The van der Waals surface area contributed by atoms with E-state index < -0.39 is 0 Å². The van der Waals surface area contributed by atoms with Gasteiger partial charge in [0.25, 0.3) is 0 Å². The molecule has 0 aliphatic carbocycles. The Morgan fingerprint density at radius 2 is 2.00 bits per heavy atom. The van der Waals surface area contributed by atoms with Gasteiger partial charge in [0.2, 0.25) is 0 Å². The van der Waals surface area contributed by atoms with Crippen LogP contribution in [0.25, 0.3) is 0 Å². The molecule has 0 amide bonds. The summed E-state index contributed by atoms with van der Waals surface area (Å²) >= 11 is 0. The van der Waals surface area contributed by atoms with Crippen LogP contribution in [-0.2, 0) is 6.42 Å². The van der Waals surface area contributed by atoms with Gasteiger partial charge in [-0.05, 0) is 30.9 Å². The summed E-state index contributed by atoms with van der Waals surface area (Å²) in [5.41, 5.74) is 2.91. The van der Waals surface area contributed by atoms with E-state index in [-0.39, 0.29) is 0 Å². The second-order valence-corrected chi connectivity index (χ2v) is 5.37. The molecule has 1 aliphatic rings. The Labute approximate surface area is 111 Å². The third kappa shape index (κ3) is 3.12. The molecule has 0 saturated carbocycles. The molecule has 18 heavy (non-hydrogen) atoms. The minimum atomic E-state index is 0.584. The Hall–Kier alpha value is -0.860. The fourth-order valence-corrected chi connectivity index (χ4v) is 2.93. The maximum absolute atomic E-state index is 3.52. The van der Waals surface area contributed by atoms with E-state index in [2.05, 4.69) is 55.3 Å². The van der Waals surface area contributed by atoms with Crippen LogP contribution in [0, 0.1) is 0 Å². The second-order valence-electron chi connectivity index (χ2n) is 5.37. The molecule has 1 aliphatic heterocycles. The van der Waals surface area contributed by atoms with Crippen molar-refractivity contribution in [2.75, 3.05) is 19.6 Å². The highest BCUT2D eigenvalue weighted by Gasteiger charge is 2.23. The van der Waals surface area contributed by atoms with Crippen molar-refractivity contribution < 1.29 is 0 Å². The van der Waals surface area contributed by atoms with Gasteiger partial charge < -0.3 is 5.32 Å². The molecule has 2 heteroatoms. The standard InChI is InChI=1S/C16H26N2/c1-4-14-6-8-15(9-7-14)16(5-2)18-11-10-17-13(3)12-18/h6-9,13,16-17H,4-5,10-12H2,1-3H3. The van der Waals surface area contributed by atoms with Gasteiger partial charge in [0.15, 0.2) is 0 Å². The lowest BCUT2D eigenvalue weighted by Gasteiger charge is -2.37. The molecular formula is C16H26N2. The molecule has 1 N–H and O–H groups in total. The van der Waals surface area contributed by atoms with E-state index in [4.69, 9.17) is 0 Å². The van der Waals surface area contributed by atoms with Crippen LogP contribution in [0.1, 0.15) is 44.4 Å². The first-order valence-electron chi connectivity index (χ1n) is 7.30. The summed E-state index contributed by atoms with van der Waals surface area (Å²) in [4.78, 5) is 2.63. The van der Waals surface area contributed by atoms with Gasteiger partial charge >= 0.3 is 0 Å². The number of rotatable bonds is 4. The fraction of sp³-hybridized carbons (Fsp3) is 0.625. The van der Waals surface area contributed by atoms with E-state index >= 15 is 0 Å². The van der Waals surface area contributed by atoms with Crippen LogP contribution in [0.4, 0.5) is 0 Å². The second kappa shape index (κ2) is 6.35. The summed E-state index contributed by atoms with van der Waals surface area (Å²) in [6, 6.07) is 10.4. The third-order valence-corrected chi connectivity index (χ3v) is 4.00. The molecule has 2 nitrogen and oxygen atoms in total. The van der Waals surface area contributed by atoms with Crippen LogP contribution >= 0.6 is 0 Å². The van der Waals surface area contributed by atoms with E-state index in [9.17, 15) is 0 Å². The van der Waals surface area contributed by atoms with Gasteiger partial charge in [-0.15, -0.1) is 0 Å². The maximum atomic E-state index is 3.52. The predicted molar refractivity (Wildman–Crippen MR) is 77.9 cm³/mol. The first-order chi connectivity index (χ1) is 8.74. The number of hydrogen-bond donors (Lipinski definition) is 1. The first-order valence-corrected chi connectivity index (χ1v) is 7.30. The Morgan fingerprint density at radius 1 is 1.28 bits per heavy atom. The number of hydrogen-bond acceptors (Lipinski definition) is 2. The lowest BCUT2D eigenvalue weighted by atomic mass is 9.99. The summed E-state index contributed by atoms with van der Waals surface area (Å²) in [6.45, 7) is 10.2. The molecule has 2 atom stereocenters. The van der Waals surface area contributed by atoms with Crippen molar-refractivity contribution in [2.45, 2.75) is 45.7 Å². The van der Waals surface area contributed by atoms with Gasteiger partial charge in [-0.2, -0.15) is 0 Å². The molecule has 100 valence electrons. The molecule has 1 heterocycles. The SMILES string of the molecule is CCc1ccc(C(CC)N2CCNC(C)C2)cc1. The molecule has 1 aromatic rings. The third-order valence-electron chi connectivity index (χ3n) is 4.00. The van der Waals surface area contributed by atoms with Gasteiger partial charge in [0.05, 0.1) is 0 Å². The maximum Gasteiger partial charge on any atom is 0.0346 e. The molecule has 0 radical (unpaired) electrons. The summed E-state index contributed by atoms with van der Waals surface area (Å²) < 4.78 is 0. The van der Waals surface area contributed by atoms with Gasteiger partial charge in [-0.1, -0.05) is 38.1 Å². The molecular weight excluding hydrogens is 220 g/mol. The fourth-order valence-electron chi connectivity index (χ4n) is 2.93. The topological polar surface area (TPSA) is 15.3 Å². The Bertz CT molecular complexity index is 358. The van der Waals surface area contributed by atoms with Gasteiger partial charge in [0, 0.05) is 31.7 Å². The summed E-state index contributed by atoms with van der Waals surface area (Å²) in [5.74, 6) is 0. The van der Waals surface area contributed by atoms with Crippen LogP contribution < -0.4 is 5.32 Å². The number of piperazine rings is 1. The molecule has 1 saturated heterocycles. The first kappa shape index (κ1) is 13.6. The Kier molecular flexibility index (Phi) is 4.79. The smallest absolute Gasteiger partial charge is 0.0346 e. The number of nitrogens with zero attached hydrogens (tertiary/aromatic N) is 1. The zero-order valence-corrected chi connectivity index (χ0v) is 11.9. The van der Waals surface area contributed by atoms with E-state index in [1.54, 1.807) is 0 Å². The van der Waals surface area contributed by atoms with Crippen molar-refractivity contribution in [3.8, 4) is 0 Å². The van der Waals surface area contributed by atoms with Gasteiger partial charge in [-0.25, -0.2) is 0 Å². The van der Waals surface area contributed by atoms with E-state index in [1.165, 1.54) is 24.1 Å². The number of nitrogens with one attached hydrogen (secondary N) is 1. The van der Waals surface area contributed by atoms with Crippen LogP contribution in [0.5, 0.6) is 0 Å². The lowest BCUT2D eigenvalue weighted by Crippen LogP contribution is -2.50. The molecule has 2 rings (SSSR count). The number of aryl methyl sites for hydroxylation is 1. The van der Waals surface area contributed by atoms with E-state index in [1.807, 2.05) is 0 Å². The van der Waals surface area contributed by atoms with Crippen LogP contribution in [0.2, 0.25) is 0 Å². The average Bonchev–Trinajstić information content (AvgIpc) is 2.40. The van der Waals surface area contributed by atoms with Crippen LogP contribution in [0.15, 0.2) is 24.3 Å². The lowest BCUT2D eigenvalue weighted by molar-refractivity contribution is 0.145. The molecule has 0 spiro atoms. The van der Waals surface area contributed by atoms with Crippen molar-refractivity contribution in [1.29, 1.82) is 0 Å². The quantitative estimate of drug-likeness (QED) is 0.878. The Morgan fingerprint density at radius 3 is 2.56 bits per heavy atom. The molecule has 1 fully saturated rings. The molecule has 0 aromatic heterocycles. The highest BCUT2D eigenvalue weighted by molar-refractivity contribution is 5.25. The largest absolute Gasteiger partial charge is 0.312 e. The van der Waals surface area contributed by atoms with Crippen LogP contribution in [0.3, 0.4) is 0 Å². The predicted octanol–water partition coefficient (Wildman–Crippen LogP) is 2.99. The van der Waals surface area contributed by atoms with Crippen LogP contribution in [-0.4, -0.2) is 30.6 Å². The van der Waals surface area contributed by atoms with Crippen molar-refractivity contribution in [3.63, 3.8) is 0 Å². The van der Waals surface area contributed by atoms with Crippen molar-refractivity contribution in [1.82, 2.24) is 10.2 Å². The summed E-state index contributed by atoms with van der Waals surface area (Å²) in [5, 5.41) is 3.52. The molecule has 2 unspecified atom stereocenters. The molecule has 1 aromatic carbocycles. The zero-order valence-electron chi connectivity index (χ0n) is 11.9. The number of benzene rings is 1. The highest BCUT2D eigenvalue weighted by Crippen LogP contribution is 2.25. The minimum absolute atomic E-state index is 0.584. The average molecular weight is 246 g/mol. The van der Waals surface area contributed by atoms with Crippen molar-refractivity contribution >= 4 is 0 Å². The molecule has 0 bridgehead atoms. The van der Waals surface area contributed by atoms with Gasteiger partial charge in [0.1, 0.15) is 0 Å². The van der Waals surface area contributed by atoms with Gasteiger partial charge in [-0.3, -0.25) is 4.90 Å². The summed E-state index contributed by atoms with van der Waals surface area (Å²) in [6.07, 6.45) is 2.32. The van der Waals surface area contributed by atoms with Crippen molar-refractivity contribution in [3.05, 3.63) is 35.4 Å². The van der Waals surface area contributed by atoms with E-state index in [0.717, 1.165) is 19.5 Å². The van der Waals surface area contributed by atoms with E-state index in [0.29, 0.717) is 12.1 Å². The Balaban J connectivity index is 2.11. The zero-order chi connectivity index (χ0) is 13.0. The normalized spacial score (nSPS) is 22.9. The highest BCUT2D eigenvalue weighted by atomic mass is 15.2. The van der Waals surface area contributed by atoms with Crippen molar-refractivity contribution in [2.24, 2.45) is 0 Å². The minimum Gasteiger partial charge on any atom is -0.312 e. The monoisotopic (exact) mass is 246 g/mol. The summed E-state index contributed by atoms with van der Waals surface area (Å²) in [7, 11) is 0.